The Hall–Kier alpha value is -1.23. The van der Waals surface area contributed by atoms with Crippen LogP contribution in [0.4, 0.5) is 0 Å². The van der Waals surface area contributed by atoms with Crippen molar-refractivity contribution >= 4 is 17.2 Å². The van der Waals surface area contributed by atoms with Crippen molar-refractivity contribution in [1.82, 2.24) is 9.97 Å². The molecule has 0 radical (unpaired) electrons. The Labute approximate surface area is 108 Å². The van der Waals surface area contributed by atoms with E-state index in [-0.39, 0.29) is 4.99 Å². The van der Waals surface area contributed by atoms with Gasteiger partial charge < -0.3 is 10.5 Å². The predicted molar refractivity (Wildman–Crippen MR) is 72.2 cm³/mol. The SMILES string of the molecule is CCCCCCCOc1nccc(C(N)=S)n1. The fourth-order valence-electron chi connectivity index (χ4n) is 1.42. The van der Waals surface area contributed by atoms with Crippen LogP contribution in [0.3, 0.4) is 0 Å². The number of ether oxygens (including phenoxy) is 1. The summed E-state index contributed by atoms with van der Waals surface area (Å²) < 4.78 is 5.44. The van der Waals surface area contributed by atoms with Crippen LogP contribution in [0.2, 0.25) is 0 Å². The van der Waals surface area contributed by atoms with Crippen LogP contribution in [0.1, 0.15) is 44.7 Å². The molecule has 0 aliphatic carbocycles. The zero-order valence-electron chi connectivity index (χ0n) is 10.2. The zero-order chi connectivity index (χ0) is 12.5. The molecule has 0 aromatic carbocycles. The molecule has 0 spiro atoms. The van der Waals surface area contributed by atoms with Gasteiger partial charge in [0, 0.05) is 6.20 Å². The van der Waals surface area contributed by atoms with Gasteiger partial charge in [0.25, 0.3) is 0 Å². The second-order valence-corrected chi connectivity index (χ2v) is 4.29. The van der Waals surface area contributed by atoms with Gasteiger partial charge in [-0.2, -0.15) is 4.98 Å². The summed E-state index contributed by atoms with van der Waals surface area (Å²) in [7, 11) is 0. The number of nitrogens with two attached hydrogens (primary N) is 1. The average molecular weight is 253 g/mol. The molecular weight excluding hydrogens is 234 g/mol. The Morgan fingerprint density at radius 3 is 2.82 bits per heavy atom. The average Bonchev–Trinajstić information content (AvgIpc) is 2.34. The molecule has 2 N–H and O–H groups in total. The molecule has 1 aromatic heterocycles. The predicted octanol–water partition coefficient (Wildman–Crippen LogP) is 2.46. The minimum absolute atomic E-state index is 0.264. The highest BCUT2D eigenvalue weighted by atomic mass is 32.1. The van der Waals surface area contributed by atoms with Gasteiger partial charge in [-0.05, 0) is 12.5 Å². The molecule has 1 heterocycles. The minimum atomic E-state index is 0.264. The monoisotopic (exact) mass is 253 g/mol. The second kappa shape index (κ2) is 7.95. The van der Waals surface area contributed by atoms with E-state index in [1.165, 1.54) is 25.7 Å². The van der Waals surface area contributed by atoms with Crippen LogP contribution in [0.25, 0.3) is 0 Å². The van der Waals surface area contributed by atoms with Gasteiger partial charge >= 0.3 is 6.01 Å². The number of rotatable bonds is 8. The van der Waals surface area contributed by atoms with E-state index in [2.05, 4.69) is 16.9 Å². The molecule has 0 saturated carbocycles. The van der Waals surface area contributed by atoms with Gasteiger partial charge in [0.15, 0.2) is 0 Å². The molecule has 0 fully saturated rings. The Morgan fingerprint density at radius 1 is 1.35 bits per heavy atom. The first-order valence-corrected chi connectivity index (χ1v) is 6.40. The Bertz CT molecular complexity index is 357. The maximum Gasteiger partial charge on any atom is 0.316 e. The summed E-state index contributed by atoms with van der Waals surface area (Å²) in [6.07, 6.45) is 7.61. The van der Waals surface area contributed by atoms with Gasteiger partial charge in [-0.1, -0.05) is 44.8 Å². The first-order valence-electron chi connectivity index (χ1n) is 5.99. The molecule has 0 atom stereocenters. The zero-order valence-corrected chi connectivity index (χ0v) is 11.0. The molecule has 1 aromatic rings. The number of unbranched alkanes of at least 4 members (excludes halogenated alkanes) is 4. The Kier molecular flexibility index (Phi) is 6.47. The van der Waals surface area contributed by atoms with Gasteiger partial charge in [-0.25, -0.2) is 4.98 Å². The van der Waals surface area contributed by atoms with E-state index in [1.54, 1.807) is 12.3 Å². The van der Waals surface area contributed by atoms with E-state index in [9.17, 15) is 0 Å². The summed E-state index contributed by atoms with van der Waals surface area (Å²) in [5, 5.41) is 0. The third kappa shape index (κ3) is 5.58. The quantitative estimate of drug-likeness (QED) is 0.569. The Morgan fingerprint density at radius 2 is 2.12 bits per heavy atom. The standard InChI is InChI=1S/C12H19N3OS/c1-2-3-4-5-6-9-16-12-14-8-7-10(15-12)11(13)17/h7-8H,2-6,9H2,1H3,(H2,13,17). The number of nitrogens with zero attached hydrogens (tertiary/aromatic N) is 2. The van der Waals surface area contributed by atoms with E-state index in [4.69, 9.17) is 22.7 Å². The molecule has 0 bridgehead atoms. The maximum atomic E-state index is 5.48. The third-order valence-electron chi connectivity index (χ3n) is 2.36. The molecule has 0 aliphatic heterocycles. The van der Waals surface area contributed by atoms with E-state index < -0.39 is 0 Å². The minimum Gasteiger partial charge on any atom is -0.463 e. The fourth-order valence-corrected chi connectivity index (χ4v) is 1.53. The fraction of sp³-hybridized carbons (Fsp3) is 0.583. The lowest BCUT2D eigenvalue weighted by molar-refractivity contribution is 0.281. The van der Waals surface area contributed by atoms with Crippen LogP contribution >= 0.6 is 12.2 Å². The number of hydrogen-bond acceptors (Lipinski definition) is 4. The number of thiocarbonyl (C=S) groups is 1. The largest absolute Gasteiger partial charge is 0.463 e. The van der Waals surface area contributed by atoms with Gasteiger partial charge in [-0.3, -0.25) is 0 Å². The van der Waals surface area contributed by atoms with E-state index in [0.29, 0.717) is 18.3 Å². The second-order valence-electron chi connectivity index (χ2n) is 3.85. The lowest BCUT2D eigenvalue weighted by Crippen LogP contribution is -2.13. The van der Waals surface area contributed by atoms with Crippen LogP contribution < -0.4 is 10.5 Å². The van der Waals surface area contributed by atoms with E-state index in [0.717, 1.165) is 6.42 Å². The van der Waals surface area contributed by atoms with Gasteiger partial charge in [-0.15, -0.1) is 0 Å². The first-order chi connectivity index (χ1) is 8.24. The molecule has 1 rings (SSSR count). The highest BCUT2D eigenvalue weighted by molar-refractivity contribution is 7.80. The summed E-state index contributed by atoms with van der Waals surface area (Å²) in [6, 6.07) is 2.03. The van der Waals surface area contributed by atoms with Crippen molar-refractivity contribution in [1.29, 1.82) is 0 Å². The van der Waals surface area contributed by atoms with Crippen molar-refractivity contribution < 1.29 is 4.74 Å². The molecule has 0 aliphatic rings. The van der Waals surface area contributed by atoms with Crippen molar-refractivity contribution in [3.05, 3.63) is 18.0 Å². The molecule has 4 nitrogen and oxygen atoms in total. The number of aromatic nitrogens is 2. The van der Waals surface area contributed by atoms with Crippen molar-refractivity contribution in [2.75, 3.05) is 6.61 Å². The van der Waals surface area contributed by atoms with Crippen molar-refractivity contribution in [2.45, 2.75) is 39.0 Å². The van der Waals surface area contributed by atoms with Gasteiger partial charge in [0.05, 0.1) is 6.61 Å². The summed E-state index contributed by atoms with van der Waals surface area (Å²) in [6.45, 7) is 2.84. The van der Waals surface area contributed by atoms with Crippen LogP contribution in [0.15, 0.2) is 12.3 Å². The lowest BCUT2D eigenvalue weighted by Gasteiger charge is -2.05. The van der Waals surface area contributed by atoms with E-state index >= 15 is 0 Å². The van der Waals surface area contributed by atoms with E-state index in [1.807, 2.05) is 0 Å². The molecule has 0 amide bonds. The van der Waals surface area contributed by atoms with Crippen LogP contribution in [-0.4, -0.2) is 21.6 Å². The van der Waals surface area contributed by atoms with Crippen LogP contribution in [0, 0.1) is 0 Å². The number of hydrogen-bond donors (Lipinski definition) is 1. The summed E-state index contributed by atoms with van der Waals surface area (Å²) in [5.74, 6) is 0. The molecule has 5 heteroatoms. The molecule has 0 unspecified atom stereocenters. The normalized spacial score (nSPS) is 10.2. The Balaban J connectivity index is 2.27. The molecular formula is C12H19N3OS. The molecule has 0 saturated heterocycles. The highest BCUT2D eigenvalue weighted by Gasteiger charge is 2.02. The van der Waals surface area contributed by atoms with Crippen LogP contribution in [0.5, 0.6) is 6.01 Å². The van der Waals surface area contributed by atoms with Crippen molar-refractivity contribution in [3.8, 4) is 6.01 Å². The molecule has 94 valence electrons. The van der Waals surface area contributed by atoms with Crippen molar-refractivity contribution in [2.24, 2.45) is 5.73 Å². The molecule has 17 heavy (non-hydrogen) atoms. The van der Waals surface area contributed by atoms with Crippen LogP contribution in [-0.2, 0) is 0 Å². The lowest BCUT2D eigenvalue weighted by atomic mass is 10.2. The van der Waals surface area contributed by atoms with Gasteiger partial charge in [0.1, 0.15) is 10.7 Å². The smallest absolute Gasteiger partial charge is 0.316 e. The first kappa shape index (κ1) is 13.8. The highest BCUT2D eigenvalue weighted by Crippen LogP contribution is 2.06. The third-order valence-corrected chi connectivity index (χ3v) is 2.57. The van der Waals surface area contributed by atoms with Gasteiger partial charge in [0.2, 0.25) is 0 Å². The summed E-state index contributed by atoms with van der Waals surface area (Å²) >= 11 is 4.84. The summed E-state index contributed by atoms with van der Waals surface area (Å²) in [5.41, 5.74) is 6.03. The summed E-state index contributed by atoms with van der Waals surface area (Å²) in [4.78, 5) is 8.38. The van der Waals surface area contributed by atoms with Crippen molar-refractivity contribution in [3.63, 3.8) is 0 Å². The topological polar surface area (TPSA) is 61.0 Å². The maximum absolute atomic E-state index is 5.48.